The number of hydrogen-bond acceptors (Lipinski definition) is 4. The molecule has 25 heavy (non-hydrogen) atoms. The van der Waals surface area contributed by atoms with Crippen LogP contribution in [0.25, 0.3) is 0 Å². The van der Waals surface area contributed by atoms with Gasteiger partial charge in [0, 0.05) is 32.3 Å². The number of methoxy groups -OCH3 is 1. The zero-order valence-corrected chi connectivity index (χ0v) is 16.2. The number of sulfonamides is 1. The van der Waals surface area contributed by atoms with E-state index in [0.29, 0.717) is 37.1 Å². The Morgan fingerprint density at radius 1 is 1.28 bits per heavy atom. The van der Waals surface area contributed by atoms with Crippen molar-refractivity contribution in [1.29, 1.82) is 0 Å². The Morgan fingerprint density at radius 3 is 2.52 bits per heavy atom. The molecular weight excluding hydrogens is 340 g/mol. The predicted molar refractivity (Wildman–Crippen MR) is 97.1 cm³/mol. The molecule has 7 heteroatoms. The van der Waals surface area contributed by atoms with Gasteiger partial charge in [0.1, 0.15) is 0 Å². The van der Waals surface area contributed by atoms with Gasteiger partial charge in [-0.3, -0.25) is 4.79 Å². The maximum atomic E-state index is 12.9. The summed E-state index contributed by atoms with van der Waals surface area (Å²) in [5.74, 6) is 0.816. The molecule has 2 atom stereocenters. The van der Waals surface area contributed by atoms with E-state index in [9.17, 15) is 13.2 Å². The number of rotatable bonds is 6. The fourth-order valence-corrected chi connectivity index (χ4v) is 4.40. The van der Waals surface area contributed by atoms with Crippen LogP contribution in [0.15, 0.2) is 23.1 Å². The number of amides is 1. The van der Waals surface area contributed by atoms with Gasteiger partial charge in [-0.15, -0.1) is 0 Å². The Balaban J connectivity index is 2.25. The molecule has 0 bridgehead atoms. The molecule has 0 aliphatic carbocycles. The number of aryl methyl sites for hydroxylation is 1. The summed E-state index contributed by atoms with van der Waals surface area (Å²) in [7, 11) is -2.15. The average molecular weight is 368 g/mol. The molecule has 2 rings (SSSR count). The van der Waals surface area contributed by atoms with E-state index in [1.54, 1.807) is 6.07 Å². The Bertz CT molecular complexity index is 708. The van der Waals surface area contributed by atoms with E-state index in [1.807, 2.05) is 11.8 Å². The SMILES string of the molecule is COCCNS(=O)(=O)c1ccc(C)c(C(=O)N2CC(C)CC(C)C2)c1. The first-order chi connectivity index (χ1) is 11.7. The van der Waals surface area contributed by atoms with Crippen LogP contribution in [-0.4, -0.2) is 52.6 Å². The van der Waals surface area contributed by atoms with Crippen LogP contribution in [0.3, 0.4) is 0 Å². The van der Waals surface area contributed by atoms with Gasteiger partial charge in [0.15, 0.2) is 0 Å². The quantitative estimate of drug-likeness (QED) is 0.780. The smallest absolute Gasteiger partial charge is 0.254 e. The van der Waals surface area contributed by atoms with E-state index in [2.05, 4.69) is 18.6 Å². The summed E-state index contributed by atoms with van der Waals surface area (Å²) in [6.07, 6.45) is 1.11. The lowest BCUT2D eigenvalue weighted by Gasteiger charge is -2.35. The van der Waals surface area contributed by atoms with E-state index in [1.165, 1.54) is 19.2 Å². The number of benzene rings is 1. The highest BCUT2D eigenvalue weighted by Gasteiger charge is 2.27. The van der Waals surface area contributed by atoms with Gasteiger partial charge in [-0.1, -0.05) is 19.9 Å². The standard InChI is InChI=1S/C18H28N2O4S/c1-13-9-14(2)12-20(11-13)18(21)17-10-16(6-5-15(17)3)25(22,23)19-7-8-24-4/h5-6,10,13-14,19H,7-9,11-12H2,1-4H3. The van der Waals surface area contributed by atoms with Crippen LogP contribution in [-0.2, 0) is 14.8 Å². The normalized spacial score (nSPS) is 21.4. The summed E-state index contributed by atoms with van der Waals surface area (Å²) in [6.45, 7) is 8.03. The van der Waals surface area contributed by atoms with Crippen LogP contribution in [0.4, 0.5) is 0 Å². The fraction of sp³-hybridized carbons (Fsp3) is 0.611. The summed E-state index contributed by atoms with van der Waals surface area (Å²) < 4.78 is 32.1. The highest BCUT2D eigenvalue weighted by Crippen LogP contribution is 2.24. The zero-order chi connectivity index (χ0) is 18.6. The second-order valence-electron chi connectivity index (χ2n) is 7.02. The molecule has 0 saturated carbocycles. The van der Waals surface area contributed by atoms with Crippen molar-refractivity contribution in [3.05, 3.63) is 29.3 Å². The maximum Gasteiger partial charge on any atom is 0.254 e. The highest BCUT2D eigenvalue weighted by atomic mass is 32.2. The summed E-state index contributed by atoms with van der Waals surface area (Å²) in [5, 5.41) is 0. The van der Waals surface area contributed by atoms with E-state index in [0.717, 1.165) is 12.0 Å². The van der Waals surface area contributed by atoms with Gasteiger partial charge in [0.2, 0.25) is 10.0 Å². The van der Waals surface area contributed by atoms with Crippen LogP contribution in [0, 0.1) is 18.8 Å². The maximum absolute atomic E-state index is 12.9. The number of hydrogen-bond donors (Lipinski definition) is 1. The lowest BCUT2D eigenvalue weighted by molar-refractivity contribution is 0.0622. The van der Waals surface area contributed by atoms with Gasteiger partial charge in [0.25, 0.3) is 5.91 Å². The van der Waals surface area contributed by atoms with Crippen LogP contribution >= 0.6 is 0 Å². The van der Waals surface area contributed by atoms with Crippen molar-refractivity contribution < 1.29 is 17.9 Å². The lowest BCUT2D eigenvalue weighted by atomic mass is 9.91. The van der Waals surface area contributed by atoms with Gasteiger partial charge >= 0.3 is 0 Å². The van der Waals surface area contributed by atoms with E-state index in [-0.39, 0.29) is 17.3 Å². The molecule has 1 aliphatic rings. The van der Waals surface area contributed by atoms with Crippen molar-refractivity contribution in [3.63, 3.8) is 0 Å². The second-order valence-corrected chi connectivity index (χ2v) is 8.79. The molecule has 0 aromatic heterocycles. The number of carbonyl (C=O) groups excluding carboxylic acids is 1. The van der Waals surface area contributed by atoms with Crippen LogP contribution in [0.2, 0.25) is 0 Å². The Hall–Kier alpha value is -1.44. The molecule has 1 aliphatic heterocycles. The molecule has 140 valence electrons. The van der Waals surface area contributed by atoms with Gasteiger partial charge in [0.05, 0.1) is 11.5 Å². The Morgan fingerprint density at radius 2 is 1.92 bits per heavy atom. The number of ether oxygens (including phenoxy) is 1. The summed E-state index contributed by atoms with van der Waals surface area (Å²) >= 11 is 0. The van der Waals surface area contributed by atoms with Crippen LogP contribution in [0.5, 0.6) is 0 Å². The lowest BCUT2D eigenvalue weighted by Crippen LogP contribution is -2.42. The molecule has 1 N–H and O–H groups in total. The minimum Gasteiger partial charge on any atom is -0.383 e. The van der Waals surface area contributed by atoms with Crippen molar-refractivity contribution in [1.82, 2.24) is 9.62 Å². The van der Waals surface area contributed by atoms with Gasteiger partial charge in [-0.25, -0.2) is 13.1 Å². The van der Waals surface area contributed by atoms with Gasteiger partial charge < -0.3 is 9.64 Å². The van der Waals surface area contributed by atoms with Crippen molar-refractivity contribution in [2.45, 2.75) is 32.1 Å². The molecule has 1 heterocycles. The molecule has 1 aromatic rings. The molecule has 1 aromatic carbocycles. The van der Waals surface area contributed by atoms with E-state index >= 15 is 0 Å². The second kappa shape index (κ2) is 8.29. The molecule has 2 unspecified atom stereocenters. The van der Waals surface area contributed by atoms with E-state index in [4.69, 9.17) is 4.74 Å². The first kappa shape index (κ1) is 19.9. The Kier molecular flexibility index (Phi) is 6.59. The number of nitrogens with one attached hydrogen (secondary N) is 1. The molecule has 1 fully saturated rings. The zero-order valence-electron chi connectivity index (χ0n) is 15.4. The third kappa shape index (κ3) is 5.03. The van der Waals surface area contributed by atoms with Crippen molar-refractivity contribution in [2.24, 2.45) is 11.8 Å². The predicted octanol–water partition coefficient (Wildman–Crippen LogP) is 2.04. The minimum atomic E-state index is -3.66. The molecule has 1 saturated heterocycles. The highest BCUT2D eigenvalue weighted by molar-refractivity contribution is 7.89. The summed E-state index contributed by atoms with van der Waals surface area (Å²) in [5.41, 5.74) is 1.24. The molecule has 6 nitrogen and oxygen atoms in total. The first-order valence-corrected chi connectivity index (χ1v) is 10.1. The fourth-order valence-electron chi connectivity index (χ4n) is 3.36. The number of piperidine rings is 1. The van der Waals surface area contributed by atoms with Crippen molar-refractivity contribution in [3.8, 4) is 0 Å². The van der Waals surface area contributed by atoms with Crippen molar-refractivity contribution >= 4 is 15.9 Å². The summed E-state index contributed by atoms with van der Waals surface area (Å²) in [4.78, 5) is 14.9. The van der Waals surface area contributed by atoms with Crippen LogP contribution < -0.4 is 4.72 Å². The molecular formula is C18H28N2O4S. The average Bonchev–Trinajstić information content (AvgIpc) is 2.53. The van der Waals surface area contributed by atoms with E-state index < -0.39 is 10.0 Å². The van der Waals surface area contributed by atoms with Crippen LogP contribution in [0.1, 0.15) is 36.2 Å². The molecule has 0 spiro atoms. The number of likely N-dealkylation sites (tertiary alicyclic amines) is 1. The number of nitrogens with zero attached hydrogens (tertiary/aromatic N) is 1. The molecule has 0 radical (unpaired) electrons. The summed E-state index contributed by atoms with van der Waals surface area (Å²) in [6, 6.07) is 4.70. The largest absolute Gasteiger partial charge is 0.383 e. The third-order valence-electron chi connectivity index (χ3n) is 4.50. The monoisotopic (exact) mass is 368 g/mol. The first-order valence-electron chi connectivity index (χ1n) is 8.63. The number of carbonyl (C=O) groups is 1. The molecule has 1 amide bonds. The van der Waals surface area contributed by atoms with Gasteiger partial charge in [-0.2, -0.15) is 0 Å². The Labute approximate surface area is 150 Å². The van der Waals surface area contributed by atoms with Crippen molar-refractivity contribution in [2.75, 3.05) is 33.4 Å². The minimum absolute atomic E-state index is 0.0927. The topological polar surface area (TPSA) is 75.7 Å². The third-order valence-corrected chi connectivity index (χ3v) is 5.96. The van der Waals surface area contributed by atoms with Gasteiger partial charge in [-0.05, 0) is 42.9 Å².